The molecule has 3 rings (SSSR count). The van der Waals surface area contributed by atoms with Crippen molar-refractivity contribution in [1.29, 1.82) is 0 Å². The standard InChI is InChI=1S/C28H33F3N6O8S/c1-19-9-11-21(12-10-19)24-18-25(28(29,30)31)32-36(24)22-13-15-23(16-14-22)46(41,42)33-26(38)8-6-5-7-17-35(3)37(40)34-45-20(2)44-27(39)43-4/h9-16,18,20H,5-8,17H2,1-4H3,(H,33,38)/b37-34-. The van der Waals surface area contributed by atoms with E-state index in [0.717, 1.165) is 28.4 Å². The van der Waals surface area contributed by atoms with Crippen LogP contribution in [0.2, 0.25) is 0 Å². The number of aromatic nitrogens is 2. The second-order valence-electron chi connectivity index (χ2n) is 9.98. The van der Waals surface area contributed by atoms with Gasteiger partial charge in [0.1, 0.15) is 0 Å². The third kappa shape index (κ3) is 10.1. The van der Waals surface area contributed by atoms with Crippen molar-refractivity contribution in [2.24, 2.45) is 5.28 Å². The Morgan fingerprint density at radius 3 is 2.37 bits per heavy atom. The van der Waals surface area contributed by atoms with Crippen LogP contribution < -0.4 is 4.72 Å². The smallest absolute Gasteiger partial charge is 0.511 e. The zero-order valence-electron chi connectivity index (χ0n) is 25.4. The number of nitrogens with zero attached hydrogens (tertiary/aromatic N) is 5. The van der Waals surface area contributed by atoms with Crippen LogP contribution in [0, 0.1) is 12.1 Å². The van der Waals surface area contributed by atoms with E-state index in [4.69, 9.17) is 4.84 Å². The number of ether oxygens (including phenoxy) is 2. The number of nitrogens with one attached hydrogen (secondary N) is 1. The number of alkyl halides is 3. The molecule has 1 atom stereocenters. The molecule has 1 aromatic heterocycles. The minimum Gasteiger partial charge on any atom is -0.569 e. The lowest BCUT2D eigenvalue weighted by atomic mass is 10.1. The molecular formula is C28H33F3N6O8S. The zero-order valence-corrected chi connectivity index (χ0v) is 26.2. The first kappa shape index (κ1) is 35.6. The first-order valence-corrected chi connectivity index (χ1v) is 15.3. The van der Waals surface area contributed by atoms with Crippen molar-refractivity contribution in [3.63, 3.8) is 0 Å². The van der Waals surface area contributed by atoms with Gasteiger partial charge in [0.05, 0.1) is 41.9 Å². The highest BCUT2D eigenvalue weighted by molar-refractivity contribution is 7.90. The molecule has 0 aliphatic heterocycles. The number of hydrazine groups is 1. The van der Waals surface area contributed by atoms with E-state index < -0.39 is 40.2 Å². The third-order valence-electron chi connectivity index (χ3n) is 6.36. The van der Waals surface area contributed by atoms with Gasteiger partial charge in [-0.15, -0.1) is 5.01 Å². The predicted molar refractivity (Wildman–Crippen MR) is 155 cm³/mol. The molecular weight excluding hydrogens is 637 g/mol. The Bertz CT molecular complexity index is 1630. The highest BCUT2D eigenvalue weighted by atomic mass is 32.2. The number of aryl methyl sites for hydroxylation is 1. The van der Waals surface area contributed by atoms with Gasteiger partial charge in [-0.25, -0.2) is 22.6 Å². The van der Waals surface area contributed by atoms with Crippen LogP contribution in [0.25, 0.3) is 16.9 Å². The van der Waals surface area contributed by atoms with Gasteiger partial charge in [0.15, 0.2) is 5.69 Å². The number of benzene rings is 2. The van der Waals surface area contributed by atoms with Crippen molar-refractivity contribution in [1.82, 2.24) is 19.5 Å². The number of amides is 1. The van der Waals surface area contributed by atoms with Crippen LogP contribution in [-0.2, 0) is 35.3 Å². The minimum atomic E-state index is -4.70. The summed E-state index contributed by atoms with van der Waals surface area (Å²) in [6, 6.07) is 12.7. The molecule has 0 aliphatic carbocycles. The lowest BCUT2D eigenvalue weighted by Gasteiger charge is -2.14. The fourth-order valence-corrected chi connectivity index (χ4v) is 4.95. The molecule has 3 aromatic rings. The van der Waals surface area contributed by atoms with E-state index in [0.29, 0.717) is 24.8 Å². The third-order valence-corrected chi connectivity index (χ3v) is 7.75. The summed E-state index contributed by atoms with van der Waals surface area (Å²) in [7, 11) is -1.73. The summed E-state index contributed by atoms with van der Waals surface area (Å²) in [6.45, 7) is 3.39. The van der Waals surface area contributed by atoms with E-state index in [2.05, 4.69) is 19.8 Å². The molecule has 0 fully saturated rings. The highest BCUT2D eigenvalue weighted by Gasteiger charge is 2.35. The average Bonchev–Trinajstić information content (AvgIpc) is 3.46. The molecule has 250 valence electrons. The van der Waals surface area contributed by atoms with E-state index in [1.807, 2.05) is 11.6 Å². The molecule has 0 spiro atoms. The molecule has 1 N–H and O–H groups in total. The Morgan fingerprint density at radius 1 is 1.11 bits per heavy atom. The van der Waals surface area contributed by atoms with E-state index in [9.17, 15) is 36.4 Å². The van der Waals surface area contributed by atoms with Gasteiger partial charge in [-0.05, 0) is 50.1 Å². The van der Waals surface area contributed by atoms with Gasteiger partial charge in [0, 0.05) is 18.9 Å². The molecule has 0 saturated carbocycles. The fourth-order valence-electron chi connectivity index (χ4n) is 3.94. The number of unbranched alkanes of at least 4 members (excludes halogenated alkanes) is 2. The normalized spacial score (nSPS) is 12.7. The number of halogens is 3. The summed E-state index contributed by atoms with van der Waals surface area (Å²) < 4.78 is 77.9. The van der Waals surface area contributed by atoms with Gasteiger partial charge in [-0.3, -0.25) is 9.63 Å². The van der Waals surface area contributed by atoms with Crippen LogP contribution in [0.5, 0.6) is 0 Å². The lowest BCUT2D eigenvalue weighted by Crippen LogP contribution is -2.30. The van der Waals surface area contributed by atoms with Crippen molar-refractivity contribution in [2.75, 3.05) is 20.7 Å². The Hall–Kier alpha value is -4.87. The van der Waals surface area contributed by atoms with Gasteiger partial charge in [-0.2, -0.15) is 18.3 Å². The summed E-state index contributed by atoms with van der Waals surface area (Å²) in [5, 5.41) is 20.0. The number of hydrogen-bond donors (Lipinski definition) is 1. The van der Waals surface area contributed by atoms with Crippen LogP contribution in [-0.4, -0.2) is 67.2 Å². The summed E-state index contributed by atoms with van der Waals surface area (Å²) in [5.41, 5.74) is 0.635. The van der Waals surface area contributed by atoms with Gasteiger partial charge < -0.3 is 14.7 Å². The maximum absolute atomic E-state index is 13.5. The second-order valence-corrected chi connectivity index (χ2v) is 11.7. The molecule has 1 amide bonds. The molecule has 0 radical (unpaired) electrons. The van der Waals surface area contributed by atoms with E-state index in [1.165, 1.54) is 38.2 Å². The highest BCUT2D eigenvalue weighted by Crippen LogP contribution is 2.33. The first-order valence-electron chi connectivity index (χ1n) is 13.8. The van der Waals surface area contributed by atoms with Crippen LogP contribution in [0.4, 0.5) is 18.0 Å². The monoisotopic (exact) mass is 670 g/mol. The van der Waals surface area contributed by atoms with Gasteiger partial charge in [-0.1, -0.05) is 36.2 Å². The van der Waals surface area contributed by atoms with Crippen molar-refractivity contribution < 1.29 is 50.5 Å². The average molecular weight is 671 g/mol. The van der Waals surface area contributed by atoms with E-state index in [1.54, 1.807) is 24.3 Å². The van der Waals surface area contributed by atoms with Crippen molar-refractivity contribution in [3.05, 3.63) is 71.1 Å². The molecule has 46 heavy (non-hydrogen) atoms. The summed E-state index contributed by atoms with van der Waals surface area (Å²) >= 11 is 0. The Labute approximate surface area is 262 Å². The van der Waals surface area contributed by atoms with Crippen LogP contribution in [0.1, 0.15) is 43.9 Å². The van der Waals surface area contributed by atoms with Crippen LogP contribution >= 0.6 is 0 Å². The minimum absolute atomic E-state index is 0.120. The van der Waals surface area contributed by atoms with Gasteiger partial charge in [0.25, 0.3) is 16.3 Å². The first-order chi connectivity index (χ1) is 21.6. The van der Waals surface area contributed by atoms with E-state index in [-0.39, 0.29) is 34.2 Å². The Morgan fingerprint density at radius 2 is 1.76 bits per heavy atom. The molecule has 0 bridgehead atoms. The molecule has 2 aromatic carbocycles. The topological polar surface area (TPSA) is 167 Å². The fraction of sp³-hybridized carbons (Fsp3) is 0.393. The number of carbonyl (C=O) groups excluding carboxylic acids is 2. The lowest BCUT2D eigenvalue weighted by molar-refractivity contribution is -0.707. The quantitative estimate of drug-likeness (QED) is 0.0608. The molecule has 0 aliphatic rings. The van der Waals surface area contributed by atoms with Crippen LogP contribution in [0.15, 0.2) is 64.8 Å². The maximum atomic E-state index is 13.5. The molecule has 1 heterocycles. The number of rotatable bonds is 14. The summed E-state index contributed by atoms with van der Waals surface area (Å²) in [5.74, 6) is -0.755. The van der Waals surface area contributed by atoms with Gasteiger partial charge in [0.2, 0.25) is 11.2 Å². The van der Waals surface area contributed by atoms with E-state index >= 15 is 0 Å². The molecule has 14 nitrogen and oxygen atoms in total. The number of methoxy groups -OCH3 is 1. The van der Waals surface area contributed by atoms with Crippen molar-refractivity contribution in [2.45, 2.75) is 56.9 Å². The number of sulfonamides is 1. The molecule has 1 unspecified atom stereocenters. The van der Waals surface area contributed by atoms with Crippen molar-refractivity contribution >= 4 is 22.1 Å². The Balaban J connectivity index is 1.54. The predicted octanol–water partition coefficient (Wildman–Crippen LogP) is 5.10. The summed E-state index contributed by atoms with van der Waals surface area (Å²) in [6.07, 6.45) is -5.75. The number of hydrogen-bond acceptors (Lipinski definition) is 10. The molecule has 18 heteroatoms. The largest absolute Gasteiger partial charge is 0.569 e. The van der Waals surface area contributed by atoms with Crippen LogP contribution in [0.3, 0.4) is 0 Å². The summed E-state index contributed by atoms with van der Waals surface area (Å²) in [4.78, 5) is 27.9. The van der Waals surface area contributed by atoms with Gasteiger partial charge >= 0.3 is 12.3 Å². The van der Waals surface area contributed by atoms with Crippen molar-refractivity contribution in [3.8, 4) is 16.9 Å². The number of carbonyl (C=O) groups is 2. The Kier molecular flexibility index (Phi) is 11.9. The zero-order chi connectivity index (χ0) is 34.1. The second kappa shape index (κ2) is 15.4. The maximum Gasteiger partial charge on any atom is 0.511 e. The SMILES string of the molecule is COC(=O)OC(C)O/N=[N+](\[O-])N(C)CCCCCC(=O)NS(=O)(=O)c1ccc(-n2nc(C(F)(F)F)cc2-c2ccc(C)cc2)cc1. The molecule has 0 saturated heterocycles.